The van der Waals surface area contributed by atoms with Gasteiger partial charge < -0.3 is 10.2 Å². The fraction of sp³-hybridized carbons (Fsp3) is 0.562. The van der Waals surface area contributed by atoms with Crippen LogP contribution in [0.25, 0.3) is 0 Å². The first kappa shape index (κ1) is 14.1. The quantitative estimate of drug-likeness (QED) is 0.902. The summed E-state index contributed by atoms with van der Waals surface area (Å²) in [4.78, 5) is 14.3. The summed E-state index contributed by atoms with van der Waals surface area (Å²) in [5, 5.41) is 3.33. The molecular formula is C16H24N2O. The Kier molecular flexibility index (Phi) is 4.59. The third-order valence-corrected chi connectivity index (χ3v) is 3.83. The predicted molar refractivity (Wildman–Crippen MR) is 79.3 cm³/mol. The summed E-state index contributed by atoms with van der Waals surface area (Å²) in [7, 11) is 1.98. The van der Waals surface area contributed by atoms with E-state index in [1.807, 2.05) is 24.1 Å². The zero-order valence-corrected chi connectivity index (χ0v) is 12.1. The lowest BCUT2D eigenvalue weighted by molar-refractivity contribution is -0.119. The number of anilines is 1. The summed E-state index contributed by atoms with van der Waals surface area (Å²) >= 11 is 0. The van der Waals surface area contributed by atoms with E-state index in [0.29, 0.717) is 18.4 Å². The lowest BCUT2D eigenvalue weighted by atomic mass is 9.96. The van der Waals surface area contributed by atoms with Gasteiger partial charge in [0.1, 0.15) is 0 Å². The molecule has 1 unspecified atom stereocenters. The second kappa shape index (κ2) is 6.20. The van der Waals surface area contributed by atoms with E-state index in [4.69, 9.17) is 0 Å². The second-order valence-electron chi connectivity index (χ2n) is 5.67. The minimum atomic E-state index is 0.260. The molecule has 0 fully saturated rings. The van der Waals surface area contributed by atoms with Crippen LogP contribution >= 0.6 is 0 Å². The van der Waals surface area contributed by atoms with Crippen LogP contribution in [-0.2, 0) is 4.79 Å². The molecule has 0 aromatic heterocycles. The Bertz CT molecular complexity index is 442. The molecule has 1 amide bonds. The molecule has 0 saturated carbocycles. The number of hydrogen-bond donors (Lipinski definition) is 1. The maximum absolute atomic E-state index is 12.4. The van der Waals surface area contributed by atoms with Gasteiger partial charge in [-0.15, -0.1) is 0 Å². The summed E-state index contributed by atoms with van der Waals surface area (Å²) in [6.45, 7) is 5.14. The molecule has 1 aromatic rings. The highest BCUT2D eigenvalue weighted by Gasteiger charge is 2.27. The van der Waals surface area contributed by atoms with E-state index in [-0.39, 0.29) is 5.91 Å². The molecule has 3 heteroatoms. The highest BCUT2D eigenvalue weighted by molar-refractivity contribution is 5.94. The van der Waals surface area contributed by atoms with Crippen LogP contribution in [-0.4, -0.2) is 19.5 Å². The first-order chi connectivity index (χ1) is 9.13. The van der Waals surface area contributed by atoms with Gasteiger partial charge in [-0.25, -0.2) is 0 Å². The number of benzene rings is 1. The molecule has 19 heavy (non-hydrogen) atoms. The summed E-state index contributed by atoms with van der Waals surface area (Å²) in [6.07, 6.45) is 2.60. The van der Waals surface area contributed by atoms with Crippen molar-refractivity contribution in [3.8, 4) is 0 Å². The van der Waals surface area contributed by atoms with Gasteiger partial charge in [-0.2, -0.15) is 0 Å². The monoisotopic (exact) mass is 260 g/mol. The van der Waals surface area contributed by atoms with E-state index in [0.717, 1.165) is 25.1 Å². The SMILES string of the molecule is CNC1CCN(C(=O)CCC(C)C)c2ccccc21. The fourth-order valence-corrected chi connectivity index (χ4v) is 2.67. The number of carbonyl (C=O) groups excluding carboxylic acids is 1. The molecule has 0 bridgehead atoms. The molecule has 1 atom stereocenters. The molecule has 1 aliphatic rings. The van der Waals surface area contributed by atoms with Crippen LogP contribution in [0.4, 0.5) is 5.69 Å². The van der Waals surface area contributed by atoms with Crippen LogP contribution in [0.15, 0.2) is 24.3 Å². The van der Waals surface area contributed by atoms with Crippen molar-refractivity contribution < 1.29 is 4.79 Å². The van der Waals surface area contributed by atoms with Crippen LogP contribution in [0.5, 0.6) is 0 Å². The van der Waals surface area contributed by atoms with Gasteiger partial charge in [-0.05, 0) is 37.4 Å². The van der Waals surface area contributed by atoms with Crippen molar-refractivity contribution >= 4 is 11.6 Å². The first-order valence-electron chi connectivity index (χ1n) is 7.20. The molecule has 0 aliphatic carbocycles. The third kappa shape index (κ3) is 3.16. The van der Waals surface area contributed by atoms with Crippen LogP contribution in [0, 0.1) is 5.92 Å². The van der Waals surface area contributed by atoms with Crippen molar-refractivity contribution in [3.05, 3.63) is 29.8 Å². The number of amides is 1. The molecule has 1 aliphatic heterocycles. The van der Waals surface area contributed by atoms with E-state index in [2.05, 4.69) is 31.3 Å². The summed E-state index contributed by atoms with van der Waals surface area (Å²) in [5.41, 5.74) is 2.33. The Morgan fingerprint density at radius 3 is 2.84 bits per heavy atom. The van der Waals surface area contributed by atoms with Crippen LogP contribution < -0.4 is 10.2 Å². The molecule has 0 radical (unpaired) electrons. The van der Waals surface area contributed by atoms with Crippen molar-refractivity contribution in [3.63, 3.8) is 0 Å². The van der Waals surface area contributed by atoms with Crippen molar-refractivity contribution in [1.82, 2.24) is 5.32 Å². The summed E-state index contributed by atoms with van der Waals surface area (Å²) in [6, 6.07) is 8.61. The van der Waals surface area contributed by atoms with Gasteiger partial charge in [0.25, 0.3) is 0 Å². The molecule has 2 rings (SSSR count). The molecule has 3 nitrogen and oxygen atoms in total. The van der Waals surface area contributed by atoms with Crippen molar-refractivity contribution in [2.75, 3.05) is 18.5 Å². The zero-order valence-electron chi connectivity index (χ0n) is 12.1. The van der Waals surface area contributed by atoms with Crippen LogP contribution in [0.1, 0.15) is 44.7 Å². The summed E-state index contributed by atoms with van der Waals surface area (Å²) in [5.74, 6) is 0.838. The van der Waals surface area contributed by atoms with Gasteiger partial charge in [0, 0.05) is 24.7 Å². The number of carbonyl (C=O) groups is 1. The molecule has 104 valence electrons. The van der Waals surface area contributed by atoms with Crippen molar-refractivity contribution in [2.24, 2.45) is 5.92 Å². The standard InChI is InChI=1S/C16H24N2O/c1-12(2)8-9-16(19)18-11-10-14(17-3)13-6-4-5-7-15(13)18/h4-7,12,14,17H,8-11H2,1-3H3. The third-order valence-electron chi connectivity index (χ3n) is 3.83. The highest BCUT2D eigenvalue weighted by atomic mass is 16.2. The lowest BCUT2D eigenvalue weighted by Crippen LogP contribution is -2.39. The molecule has 1 heterocycles. The van der Waals surface area contributed by atoms with Gasteiger partial charge in [-0.3, -0.25) is 4.79 Å². The van der Waals surface area contributed by atoms with E-state index in [1.54, 1.807) is 0 Å². The van der Waals surface area contributed by atoms with E-state index in [9.17, 15) is 4.79 Å². The second-order valence-corrected chi connectivity index (χ2v) is 5.67. The number of hydrogen-bond acceptors (Lipinski definition) is 2. The topological polar surface area (TPSA) is 32.3 Å². The minimum absolute atomic E-state index is 0.260. The minimum Gasteiger partial charge on any atom is -0.313 e. The van der Waals surface area contributed by atoms with E-state index < -0.39 is 0 Å². The maximum atomic E-state index is 12.4. The largest absolute Gasteiger partial charge is 0.313 e. The van der Waals surface area contributed by atoms with Gasteiger partial charge in [0.2, 0.25) is 5.91 Å². The van der Waals surface area contributed by atoms with Gasteiger partial charge in [0.05, 0.1) is 0 Å². The van der Waals surface area contributed by atoms with E-state index >= 15 is 0 Å². The predicted octanol–water partition coefficient (Wildman–Crippen LogP) is 3.12. The number of rotatable bonds is 4. The Morgan fingerprint density at radius 1 is 1.42 bits per heavy atom. The number of nitrogens with one attached hydrogen (secondary N) is 1. The Labute approximate surface area is 116 Å². The summed E-state index contributed by atoms with van der Waals surface area (Å²) < 4.78 is 0. The maximum Gasteiger partial charge on any atom is 0.226 e. The molecule has 0 saturated heterocycles. The van der Waals surface area contributed by atoms with Gasteiger partial charge >= 0.3 is 0 Å². The fourth-order valence-electron chi connectivity index (χ4n) is 2.67. The Balaban J connectivity index is 2.17. The average Bonchev–Trinajstić information content (AvgIpc) is 2.43. The first-order valence-corrected chi connectivity index (χ1v) is 7.20. The lowest BCUT2D eigenvalue weighted by Gasteiger charge is -2.34. The molecule has 1 aromatic carbocycles. The smallest absolute Gasteiger partial charge is 0.226 e. The molecular weight excluding hydrogens is 236 g/mol. The molecule has 0 spiro atoms. The number of nitrogens with zero attached hydrogens (tertiary/aromatic N) is 1. The highest BCUT2D eigenvalue weighted by Crippen LogP contribution is 2.33. The van der Waals surface area contributed by atoms with E-state index in [1.165, 1.54) is 5.56 Å². The van der Waals surface area contributed by atoms with Crippen LogP contribution in [0.2, 0.25) is 0 Å². The molecule has 1 N–H and O–H groups in total. The van der Waals surface area contributed by atoms with Crippen molar-refractivity contribution in [1.29, 1.82) is 0 Å². The number of para-hydroxylation sites is 1. The Morgan fingerprint density at radius 2 is 2.16 bits per heavy atom. The average molecular weight is 260 g/mol. The number of fused-ring (bicyclic) bond motifs is 1. The normalized spacial score (nSPS) is 18.5. The zero-order chi connectivity index (χ0) is 13.8. The Hall–Kier alpha value is -1.35. The van der Waals surface area contributed by atoms with Gasteiger partial charge in [-0.1, -0.05) is 32.0 Å². The van der Waals surface area contributed by atoms with Crippen LogP contribution in [0.3, 0.4) is 0 Å². The van der Waals surface area contributed by atoms with Gasteiger partial charge in [0.15, 0.2) is 0 Å². The van der Waals surface area contributed by atoms with Crippen molar-refractivity contribution in [2.45, 2.75) is 39.2 Å².